The topological polar surface area (TPSA) is 90.1 Å². The number of aromatic amines is 2. The van der Waals surface area contributed by atoms with Gasteiger partial charge >= 0.3 is 5.97 Å². The van der Waals surface area contributed by atoms with Crippen LogP contribution in [0.3, 0.4) is 0 Å². The number of benzene rings is 2. The van der Waals surface area contributed by atoms with Crippen LogP contribution < -0.4 is 4.90 Å². The molecule has 29 heavy (non-hydrogen) atoms. The second-order valence-electron chi connectivity index (χ2n) is 7.40. The Kier molecular flexibility index (Phi) is 4.21. The van der Waals surface area contributed by atoms with E-state index in [4.69, 9.17) is 9.72 Å². The third kappa shape index (κ3) is 3.11. The maximum atomic E-state index is 11.9. The molecule has 8 heteroatoms. The number of aromatic nitrogens is 4. The first-order valence-electron chi connectivity index (χ1n) is 9.62. The van der Waals surface area contributed by atoms with Crippen LogP contribution in [0.25, 0.3) is 33.5 Å². The van der Waals surface area contributed by atoms with Crippen LogP contribution in [0.15, 0.2) is 36.4 Å². The third-order valence-electron chi connectivity index (χ3n) is 5.54. The number of H-pyrrole nitrogens is 2. The molecule has 3 heterocycles. The highest BCUT2D eigenvalue weighted by Gasteiger charge is 2.17. The second kappa shape index (κ2) is 6.89. The van der Waals surface area contributed by atoms with Crippen LogP contribution in [-0.4, -0.2) is 71.4 Å². The highest BCUT2D eigenvalue weighted by molar-refractivity contribution is 5.99. The lowest BCUT2D eigenvalue weighted by atomic mass is 10.1. The fourth-order valence-corrected chi connectivity index (χ4v) is 3.81. The summed E-state index contributed by atoms with van der Waals surface area (Å²) in [6, 6.07) is 11.6. The van der Waals surface area contributed by atoms with E-state index >= 15 is 0 Å². The molecule has 148 valence electrons. The Bertz CT molecular complexity index is 1200. The zero-order chi connectivity index (χ0) is 20.0. The smallest absolute Gasteiger partial charge is 0.337 e. The molecular weight excluding hydrogens is 368 g/mol. The number of carbonyl (C=O) groups is 1. The zero-order valence-corrected chi connectivity index (χ0v) is 16.4. The van der Waals surface area contributed by atoms with Crippen LogP contribution in [-0.2, 0) is 4.74 Å². The van der Waals surface area contributed by atoms with Gasteiger partial charge in [-0.15, -0.1) is 0 Å². The van der Waals surface area contributed by atoms with Gasteiger partial charge in [0.05, 0.1) is 29.2 Å². The Balaban J connectivity index is 1.53. The number of fused-ring (bicyclic) bond motifs is 2. The van der Waals surface area contributed by atoms with Crippen molar-refractivity contribution >= 4 is 33.6 Å². The summed E-state index contributed by atoms with van der Waals surface area (Å²) in [5, 5.41) is 8.25. The predicted molar refractivity (Wildman–Crippen MR) is 112 cm³/mol. The number of imidazole rings is 1. The molecule has 0 bridgehead atoms. The van der Waals surface area contributed by atoms with Crippen molar-refractivity contribution in [2.45, 2.75) is 0 Å². The number of anilines is 1. The van der Waals surface area contributed by atoms with E-state index < -0.39 is 0 Å². The Hall–Kier alpha value is -3.39. The summed E-state index contributed by atoms with van der Waals surface area (Å²) in [5.41, 5.74) is 5.06. The predicted octanol–water partition coefficient (Wildman–Crippen LogP) is 2.64. The molecule has 4 aromatic rings. The molecule has 0 spiro atoms. The normalized spacial score (nSPS) is 15.3. The Morgan fingerprint density at radius 1 is 1.07 bits per heavy atom. The minimum atomic E-state index is -0.375. The van der Waals surface area contributed by atoms with Crippen molar-refractivity contribution in [1.29, 1.82) is 0 Å². The van der Waals surface area contributed by atoms with E-state index in [0.717, 1.165) is 48.1 Å². The van der Waals surface area contributed by atoms with Crippen LogP contribution in [0.1, 0.15) is 10.4 Å². The Labute approximate surface area is 167 Å². The van der Waals surface area contributed by atoms with E-state index in [9.17, 15) is 4.79 Å². The van der Waals surface area contributed by atoms with Crippen LogP contribution in [0.4, 0.5) is 5.69 Å². The first kappa shape index (κ1) is 17.7. The van der Waals surface area contributed by atoms with Gasteiger partial charge in [0.25, 0.3) is 0 Å². The van der Waals surface area contributed by atoms with Gasteiger partial charge in [-0.05, 0) is 43.4 Å². The molecule has 2 aromatic heterocycles. The lowest BCUT2D eigenvalue weighted by Crippen LogP contribution is -2.44. The van der Waals surface area contributed by atoms with Gasteiger partial charge < -0.3 is 19.5 Å². The van der Waals surface area contributed by atoms with Gasteiger partial charge in [-0.1, -0.05) is 0 Å². The molecule has 1 saturated heterocycles. The lowest BCUT2D eigenvalue weighted by Gasteiger charge is -2.34. The number of nitrogens with one attached hydrogen (secondary N) is 2. The molecule has 0 radical (unpaired) electrons. The van der Waals surface area contributed by atoms with Crippen molar-refractivity contribution in [2.24, 2.45) is 0 Å². The number of hydrogen-bond acceptors (Lipinski definition) is 6. The van der Waals surface area contributed by atoms with Crippen LogP contribution >= 0.6 is 0 Å². The van der Waals surface area contributed by atoms with Crippen LogP contribution in [0, 0.1) is 0 Å². The first-order valence-corrected chi connectivity index (χ1v) is 9.62. The van der Waals surface area contributed by atoms with E-state index in [0.29, 0.717) is 17.1 Å². The number of likely N-dealkylation sites (N-methyl/N-ethyl adjacent to an activating group) is 1. The van der Waals surface area contributed by atoms with Gasteiger partial charge in [-0.3, -0.25) is 5.10 Å². The maximum absolute atomic E-state index is 11.9. The molecule has 2 N–H and O–H groups in total. The van der Waals surface area contributed by atoms with Crippen molar-refractivity contribution in [3.05, 3.63) is 42.0 Å². The van der Waals surface area contributed by atoms with E-state index in [1.54, 1.807) is 12.1 Å². The van der Waals surface area contributed by atoms with E-state index in [1.165, 1.54) is 12.8 Å². The quantitative estimate of drug-likeness (QED) is 0.523. The summed E-state index contributed by atoms with van der Waals surface area (Å²) in [7, 11) is 3.53. The van der Waals surface area contributed by atoms with Crippen molar-refractivity contribution in [1.82, 2.24) is 25.1 Å². The van der Waals surface area contributed by atoms with Crippen LogP contribution in [0.5, 0.6) is 0 Å². The van der Waals surface area contributed by atoms with Gasteiger partial charge in [0.15, 0.2) is 5.82 Å². The van der Waals surface area contributed by atoms with E-state index in [-0.39, 0.29) is 5.97 Å². The summed E-state index contributed by atoms with van der Waals surface area (Å²) in [4.78, 5) is 24.7. The minimum absolute atomic E-state index is 0.375. The van der Waals surface area contributed by atoms with Crippen molar-refractivity contribution in [2.75, 3.05) is 45.2 Å². The average molecular weight is 390 g/mol. The molecule has 0 atom stereocenters. The number of hydrogen-bond donors (Lipinski definition) is 2. The zero-order valence-electron chi connectivity index (χ0n) is 16.4. The van der Waals surface area contributed by atoms with Gasteiger partial charge in [0.1, 0.15) is 5.69 Å². The van der Waals surface area contributed by atoms with E-state index in [2.05, 4.69) is 44.2 Å². The lowest BCUT2D eigenvalue weighted by molar-refractivity contribution is 0.0601. The molecule has 0 saturated carbocycles. The number of rotatable bonds is 3. The van der Waals surface area contributed by atoms with Gasteiger partial charge in [-0.25, -0.2) is 9.78 Å². The molecule has 1 aliphatic rings. The van der Waals surface area contributed by atoms with Crippen LogP contribution in [0.2, 0.25) is 0 Å². The standard InChI is InChI=1S/C21H22N6O2/c1-26-7-9-27(10-8-26)14-4-6-17-18(12-14)23-20(22-17)19-15-11-13(21(28)29-2)3-5-16(15)24-25-19/h3-6,11-12H,7-10H2,1-2H3,(H,22,23)(H,24,25). The fourth-order valence-electron chi connectivity index (χ4n) is 3.81. The minimum Gasteiger partial charge on any atom is -0.465 e. The highest BCUT2D eigenvalue weighted by atomic mass is 16.5. The average Bonchev–Trinajstić information content (AvgIpc) is 3.36. The molecule has 8 nitrogen and oxygen atoms in total. The maximum Gasteiger partial charge on any atom is 0.337 e. The molecule has 1 aliphatic heterocycles. The third-order valence-corrected chi connectivity index (χ3v) is 5.54. The molecular formula is C21H22N6O2. The Morgan fingerprint density at radius 3 is 2.69 bits per heavy atom. The number of nitrogens with zero attached hydrogens (tertiary/aromatic N) is 4. The number of ether oxygens (including phenoxy) is 1. The molecule has 2 aromatic carbocycles. The van der Waals surface area contributed by atoms with Crippen molar-refractivity contribution < 1.29 is 9.53 Å². The number of piperazine rings is 1. The summed E-state index contributed by atoms with van der Waals surface area (Å²) < 4.78 is 4.83. The molecule has 1 fully saturated rings. The number of methoxy groups -OCH3 is 1. The number of esters is 1. The van der Waals surface area contributed by atoms with Gasteiger partial charge in [0.2, 0.25) is 0 Å². The second-order valence-corrected chi connectivity index (χ2v) is 7.40. The summed E-state index contributed by atoms with van der Waals surface area (Å²) in [5.74, 6) is 0.296. The SMILES string of the molecule is COC(=O)c1ccc2[nH]nc(-c3nc4ccc(N5CCN(C)CC5)cc4[nH]3)c2c1. The molecule has 5 rings (SSSR count). The highest BCUT2D eigenvalue weighted by Crippen LogP contribution is 2.29. The molecule has 0 aliphatic carbocycles. The van der Waals surface area contributed by atoms with E-state index in [1.807, 2.05) is 12.1 Å². The van der Waals surface area contributed by atoms with Crippen molar-refractivity contribution in [3.8, 4) is 11.5 Å². The summed E-state index contributed by atoms with van der Waals surface area (Å²) in [6.07, 6.45) is 0. The van der Waals surface area contributed by atoms with Gasteiger partial charge in [0, 0.05) is 37.3 Å². The molecule has 0 unspecified atom stereocenters. The largest absolute Gasteiger partial charge is 0.465 e. The Morgan fingerprint density at radius 2 is 1.90 bits per heavy atom. The monoisotopic (exact) mass is 390 g/mol. The van der Waals surface area contributed by atoms with Gasteiger partial charge in [-0.2, -0.15) is 5.10 Å². The first-order chi connectivity index (χ1) is 14.1. The summed E-state index contributed by atoms with van der Waals surface area (Å²) >= 11 is 0. The fraction of sp³-hybridized carbons (Fsp3) is 0.286. The number of carbonyl (C=O) groups excluding carboxylic acids is 1. The summed E-state index contributed by atoms with van der Waals surface area (Å²) in [6.45, 7) is 4.16. The molecule has 0 amide bonds. The van der Waals surface area contributed by atoms with Crippen molar-refractivity contribution in [3.63, 3.8) is 0 Å².